The third-order valence-electron chi connectivity index (χ3n) is 4.18. The second kappa shape index (κ2) is 7.47. The number of carbonyl (C=O) groups is 1. The van der Waals surface area contributed by atoms with Gasteiger partial charge in [-0.1, -0.05) is 59.2 Å². The summed E-state index contributed by atoms with van der Waals surface area (Å²) in [6, 6.07) is 15.5. The first kappa shape index (κ1) is 18.4. The largest absolute Gasteiger partial charge is 0.384 e. The van der Waals surface area contributed by atoms with Crippen LogP contribution in [-0.4, -0.2) is 26.0 Å². The average molecular weight is 393 g/mol. The van der Waals surface area contributed by atoms with Gasteiger partial charge in [-0.3, -0.25) is 0 Å². The number of hydrogen-bond acceptors (Lipinski definition) is 6. The van der Waals surface area contributed by atoms with Crippen molar-refractivity contribution in [3.8, 4) is 0 Å². The monoisotopic (exact) mass is 392 g/mol. The summed E-state index contributed by atoms with van der Waals surface area (Å²) < 4.78 is 25.5. The van der Waals surface area contributed by atoms with Crippen molar-refractivity contribution < 1.29 is 18.0 Å². The summed E-state index contributed by atoms with van der Waals surface area (Å²) in [5.74, 6) is -2.66. The first-order chi connectivity index (χ1) is 12.4. The second-order valence-corrected chi connectivity index (χ2v) is 8.65. The molecule has 6 nitrogen and oxygen atoms in total. The second-order valence-electron chi connectivity index (χ2n) is 6.10. The van der Waals surface area contributed by atoms with E-state index in [0.717, 1.165) is 0 Å². The average Bonchev–Trinajstić information content (AvgIpc) is 2.94. The van der Waals surface area contributed by atoms with Gasteiger partial charge in [0.25, 0.3) is 0 Å². The Morgan fingerprint density at radius 1 is 1.12 bits per heavy atom. The van der Waals surface area contributed by atoms with Crippen LogP contribution in [0.2, 0.25) is 5.02 Å². The van der Waals surface area contributed by atoms with E-state index in [4.69, 9.17) is 17.3 Å². The van der Waals surface area contributed by atoms with Gasteiger partial charge in [0.05, 0.1) is 11.5 Å². The molecule has 2 atom stereocenters. The van der Waals surface area contributed by atoms with Gasteiger partial charge < -0.3 is 10.6 Å². The van der Waals surface area contributed by atoms with Crippen LogP contribution in [0.4, 0.5) is 0 Å². The summed E-state index contributed by atoms with van der Waals surface area (Å²) in [5, 5.41) is 4.04. The van der Waals surface area contributed by atoms with Crippen LogP contribution in [0.1, 0.15) is 17.0 Å². The van der Waals surface area contributed by atoms with Crippen LogP contribution in [0.5, 0.6) is 0 Å². The zero-order chi connectivity index (χ0) is 18.7. The van der Waals surface area contributed by atoms with Crippen molar-refractivity contribution >= 4 is 33.2 Å². The van der Waals surface area contributed by atoms with E-state index in [9.17, 15) is 13.2 Å². The molecule has 2 unspecified atom stereocenters. The lowest BCUT2D eigenvalue weighted by Crippen LogP contribution is -2.34. The lowest BCUT2D eigenvalue weighted by molar-refractivity contribution is -0.143. The van der Waals surface area contributed by atoms with Gasteiger partial charge in [-0.05, 0) is 23.3 Å². The first-order valence-electron chi connectivity index (χ1n) is 7.90. The Bertz CT molecular complexity index is 927. The Morgan fingerprint density at radius 2 is 1.77 bits per heavy atom. The fourth-order valence-corrected chi connectivity index (χ4v) is 4.83. The minimum Gasteiger partial charge on any atom is -0.384 e. The molecule has 1 heterocycles. The molecule has 0 spiro atoms. The third-order valence-corrected chi connectivity index (χ3v) is 6.07. The maximum absolute atomic E-state index is 12.8. The van der Waals surface area contributed by atoms with E-state index in [2.05, 4.69) is 9.99 Å². The molecule has 136 valence electrons. The Hall–Kier alpha value is -2.38. The summed E-state index contributed by atoms with van der Waals surface area (Å²) >= 11 is 5.84. The highest BCUT2D eigenvalue weighted by Gasteiger charge is 2.41. The normalized spacial score (nSPS) is 18.3. The van der Waals surface area contributed by atoms with Crippen LogP contribution in [0.15, 0.2) is 59.8 Å². The maximum atomic E-state index is 12.8. The molecule has 0 saturated carbocycles. The molecule has 2 aromatic carbocycles. The number of rotatable bonds is 6. The predicted molar refractivity (Wildman–Crippen MR) is 99.3 cm³/mol. The zero-order valence-electron chi connectivity index (χ0n) is 13.7. The van der Waals surface area contributed by atoms with Crippen LogP contribution < -0.4 is 5.73 Å². The molecule has 1 aliphatic rings. The van der Waals surface area contributed by atoms with Crippen molar-refractivity contribution in [1.29, 1.82) is 0 Å². The summed E-state index contributed by atoms with van der Waals surface area (Å²) in [7, 11) is -3.54. The molecule has 3 rings (SSSR count). The minimum absolute atomic E-state index is 0.00875. The molecule has 8 heteroatoms. The van der Waals surface area contributed by atoms with E-state index in [0.29, 0.717) is 16.1 Å². The molecule has 1 aliphatic heterocycles. The molecule has 26 heavy (non-hydrogen) atoms. The Labute approximate surface area is 156 Å². The molecule has 0 aromatic heterocycles. The van der Waals surface area contributed by atoms with Crippen molar-refractivity contribution in [2.45, 2.75) is 11.7 Å². The van der Waals surface area contributed by atoms with Crippen LogP contribution in [-0.2, 0) is 25.2 Å². The topological polar surface area (TPSA) is 98.8 Å². The van der Waals surface area contributed by atoms with E-state index in [-0.39, 0.29) is 17.3 Å². The zero-order valence-corrected chi connectivity index (χ0v) is 15.3. The fraction of sp³-hybridized carbons (Fsp3) is 0.222. The molecule has 0 radical (unpaired) electrons. The Morgan fingerprint density at radius 3 is 2.35 bits per heavy atom. The number of amidine groups is 1. The smallest absolute Gasteiger partial charge is 0.346 e. The Balaban J connectivity index is 1.89. The van der Waals surface area contributed by atoms with Crippen molar-refractivity contribution in [1.82, 2.24) is 0 Å². The number of carbonyl (C=O) groups excluding carboxylic acids is 1. The van der Waals surface area contributed by atoms with Gasteiger partial charge in [-0.2, -0.15) is 0 Å². The highest BCUT2D eigenvalue weighted by Crippen LogP contribution is 2.31. The number of nitrogens with two attached hydrogens (primary N) is 1. The molecular formula is C18H17ClN2O4S. The Kier molecular flexibility index (Phi) is 5.29. The standard InChI is InChI=1S/C18H17ClN2O4S/c19-14-8-6-12(7-9-14)10-26(23,24)11-15(13-4-2-1-3-5-13)16-17(20)21-25-18(16)22/h1-9,15-16H,10-11H2,(H2,20,21). The quantitative estimate of drug-likeness (QED) is 0.761. The molecule has 0 amide bonds. The number of halogens is 1. The SMILES string of the molecule is NC1=NOC(=O)C1C(CS(=O)(=O)Cc1ccc(Cl)cc1)c1ccccc1. The highest BCUT2D eigenvalue weighted by molar-refractivity contribution is 7.90. The molecular weight excluding hydrogens is 376 g/mol. The predicted octanol–water partition coefficient (Wildman–Crippen LogP) is 2.48. The van der Waals surface area contributed by atoms with Gasteiger partial charge in [0, 0.05) is 10.9 Å². The highest BCUT2D eigenvalue weighted by atomic mass is 35.5. The number of benzene rings is 2. The lowest BCUT2D eigenvalue weighted by Gasteiger charge is -2.21. The number of sulfone groups is 1. The summed E-state index contributed by atoms with van der Waals surface area (Å²) in [4.78, 5) is 16.7. The van der Waals surface area contributed by atoms with Crippen LogP contribution >= 0.6 is 11.6 Å². The molecule has 0 fully saturated rings. The van der Waals surface area contributed by atoms with Crippen molar-refractivity contribution in [3.05, 3.63) is 70.7 Å². The first-order valence-corrected chi connectivity index (χ1v) is 10.1. The van der Waals surface area contributed by atoms with Crippen LogP contribution in [0.25, 0.3) is 0 Å². The molecule has 2 aromatic rings. The van der Waals surface area contributed by atoms with Crippen LogP contribution in [0.3, 0.4) is 0 Å². The van der Waals surface area contributed by atoms with Gasteiger partial charge in [0.1, 0.15) is 5.92 Å². The van der Waals surface area contributed by atoms with Gasteiger partial charge in [-0.25, -0.2) is 13.2 Å². The summed E-state index contributed by atoms with van der Waals surface area (Å²) in [6.07, 6.45) is 0. The molecule has 0 bridgehead atoms. The number of hydrogen-bond donors (Lipinski definition) is 1. The van der Waals surface area contributed by atoms with E-state index in [1.807, 2.05) is 6.07 Å². The van der Waals surface area contributed by atoms with E-state index in [1.54, 1.807) is 48.5 Å². The van der Waals surface area contributed by atoms with Crippen molar-refractivity contribution in [3.63, 3.8) is 0 Å². The maximum Gasteiger partial charge on any atom is 0.346 e. The summed E-state index contributed by atoms with van der Waals surface area (Å²) in [6.45, 7) is 0. The van der Waals surface area contributed by atoms with E-state index >= 15 is 0 Å². The molecule has 2 N–H and O–H groups in total. The lowest BCUT2D eigenvalue weighted by atomic mass is 9.87. The van der Waals surface area contributed by atoms with Crippen molar-refractivity contribution in [2.75, 3.05) is 5.75 Å². The van der Waals surface area contributed by atoms with Crippen LogP contribution in [0, 0.1) is 5.92 Å². The van der Waals surface area contributed by atoms with E-state index < -0.39 is 27.6 Å². The minimum atomic E-state index is -3.54. The molecule has 0 saturated heterocycles. The van der Waals surface area contributed by atoms with Crippen molar-refractivity contribution in [2.24, 2.45) is 16.8 Å². The fourth-order valence-electron chi connectivity index (χ4n) is 2.95. The van der Waals surface area contributed by atoms with E-state index in [1.165, 1.54) is 0 Å². The van der Waals surface area contributed by atoms with Gasteiger partial charge in [-0.15, -0.1) is 0 Å². The van der Waals surface area contributed by atoms with Gasteiger partial charge >= 0.3 is 5.97 Å². The third kappa shape index (κ3) is 4.23. The molecule has 0 aliphatic carbocycles. The number of oxime groups is 1. The van der Waals surface area contributed by atoms with Gasteiger partial charge in [0.2, 0.25) is 0 Å². The number of nitrogens with zero attached hydrogens (tertiary/aromatic N) is 1. The summed E-state index contributed by atoms with van der Waals surface area (Å²) in [5.41, 5.74) is 7.10. The van der Waals surface area contributed by atoms with Gasteiger partial charge in [0.15, 0.2) is 15.7 Å².